The summed E-state index contributed by atoms with van der Waals surface area (Å²) >= 11 is 3.94. The normalized spacial score (nSPS) is 9.82. The van der Waals surface area contributed by atoms with Crippen LogP contribution in [-0.4, -0.2) is 23.6 Å². The van der Waals surface area contributed by atoms with Crippen molar-refractivity contribution in [1.82, 2.24) is 0 Å². The number of alkyl halides is 5. The SMILES string of the molecule is FC(F)Cl.O=C(O)c1ccc(OC(F)F)cc1. The van der Waals surface area contributed by atoms with Crippen LogP contribution in [0.1, 0.15) is 10.4 Å². The van der Waals surface area contributed by atoms with E-state index in [1.807, 2.05) is 0 Å². The number of ether oxygens (including phenoxy) is 1. The van der Waals surface area contributed by atoms with Crippen LogP contribution >= 0.6 is 11.6 Å². The van der Waals surface area contributed by atoms with E-state index in [-0.39, 0.29) is 11.3 Å². The third-order valence-electron chi connectivity index (χ3n) is 1.33. The summed E-state index contributed by atoms with van der Waals surface area (Å²) in [5.74, 6) is -3.86. The van der Waals surface area contributed by atoms with Crippen LogP contribution in [0.4, 0.5) is 17.6 Å². The molecule has 0 amide bonds. The van der Waals surface area contributed by atoms with E-state index in [0.717, 1.165) is 0 Å². The van der Waals surface area contributed by atoms with Gasteiger partial charge in [-0.05, 0) is 24.3 Å². The van der Waals surface area contributed by atoms with E-state index in [9.17, 15) is 22.4 Å². The molecular weight excluding hydrogens is 268 g/mol. The van der Waals surface area contributed by atoms with E-state index in [1.165, 1.54) is 24.3 Å². The Balaban J connectivity index is 0.000000557. The Labute approximate surface area is 98.6 Å². The molecule has 8 heteroatoms. The van der Waals surface area contributed by atoms with Gasteiger partial charge in [0.25, 0.3) is 0 Å². The predicted octanol–water partition coefficient (Wildman–Crippen LogP) is 3.43. The summed E-state index contributed by atoms with van der Waals surface area (Å²) in [6, 6.07) is 4.74. The van der Waals surface area contributed by atoms with Gasteiger partial charge in [0.05, 0.1) is 5.56 Å². The fourth-order valence-electron chi connectivity index (χ4n) is 0.779. The van der Waals surface area contributed by atoms with Crippen molar-refractivity contribution in [1.29, 1.82) is 0 Å². The fraction of sp³-hybridized carbons (Fsp3) is 0.222. The number of hydrogen-bond acceptors (Lipinski definition) is 2. The third kappa shape index (κ3) is 8.32. The van der Waals surface area contributed by atoms with Crippen LogP contribution in [0.5, 0.6) is 5.75 Å². The van der Waals surface area contributed by atoms with E-state index >= 15 is 0 Å². The van der Waals surface area contributed by atoms with Gasteiger partial charge in [0.15, 0.2) is 0 Å². The van der Waals surface area contributed by atoms with Gasteiger partial charge in [-0.25, -0.2) is 4.79 Å². The molecule has 1 rings (SSSR count). The first-order valence-corrected chi connectivity index (χ1v) is 4.47. The molecule has 0 radical (unpaired) electrons. The molecule has 0 saturated heterocycles. The van der Waals surface area contributed by atoms with Crippen molar-refractivity contribution in [3.63, 3.8) is 0 Å². The second-order valence-electron chi connectivity index (χ2n) is 2.46. The molecular formula is C9H7ClF4O3. The van der Waals surface area contributed by atoms with Crippen LogP contribution in [0.25, 0.3) is 0 Å². The van der Waals surface area contributed by atoms with Crippen molar-refractivity contribution in [2.24, 2.45) is 0 Å². The fourth-order valence-corrected chi connectivity index (χ4v) is 0.779. The average molecular weight is 275 g/mol. The zero-order valence-electron chi connectivity index (χ0n) is 8.12. The minimum Gasteiger partial charge on any atom is -0.478 e. The highest BCUT2D eigenvalue weighted by Crippen LogP contribution is 2.14. The number of carbonyl (C=O) groups is 1. The minimum atomic E-state index is -2.89. The molecule has 0 atom stereocenters. The Bertz CT molecular complexity index is 340. The molecule has 3 nitrogen and oxygen atoms in total. The molecule has 0 aliphatic carbocycles. The quantitative estimate of drug-likeness (QED) is 0.678. The maximum Gasteiger partial charge on any atom is 0.387 e. The van der Waals surface area contributed by atoms with Gasteiger partial charge in [-0.15, -0.1) is 0 Å². The molecule has 0 aromatic heterocycles. The average Bonchev–Trinajstić information content (AvgIpc) is 2.16. The van der Waals surface area contributed by atoms with Crippen LogP contribution in [0, 0.1) is 0 Å². The zero-order chi connectivity index (χ0) is 13.4. The van der Waals surface area contributed by atoms with Gasteiger partial charge in [0.1, 0.15) is 5.75 Å². The lowest BCUT2D eigenvalue weighted by Crippen LogP contribution is -2.02. The van der Waals surface area contributed by atoms with Crippen LogP contribution < -0.4 is 4.74 Å². The summed E-state index contributed by atoms with van der Waals surface area (Å²) in [7, 11) is 0. The first-order chi connectivity index (χ1) is 7.82. The summed E-state index contributed by atoms with van der Waals surface area (Å²) in [5, 5.41) is 8.47. The van der Waals surface area contributed by atoms with Crippen LogP contribution in [-0.2, 0) is 0 Å². The Hall–Kier alpha value is -1.50. The monoisotopic (exact) mass is 274 g/mol. The molecule has 96 valence electrons. The van der Waals surface area contributed by atoms with Crippen LogP contribution in [0.2, 0.25) is 0 Å². The molecule has 0 bridgehead atoms. The lowest BCUT2D eigenvalue weighted by Gasteiger charge is -2.03. The standard InChI is InChI=1S/C8H6F2O3.CHClF2/c9-8(10)13-6-3-1-5(2-4-6)7(11)12;2-1(3)4/h1-4,8H,(H,11,12);1H. The molecule has 0 aliphatic heterocycles. The maximum absolute atomic E-state index is 11.6. The summed E-state index contributed by atoms with van der Waals surface area (Å²) < 4.78 is 47.5. The van der Waals surface area contributed by atoms with Gasteiger partial charge in [-0.3, -0.25) is 0 Å². The summed E-state index contributed by atoms with van der Waals surface area (Å²) in [6.45, 7) is -2.89. The second-order valence-corrected chi connectivity index (χ2v) is 2.79. The molecule has 0 saturated carbocycles. The molecule has 17 heavy (non-hydrogen) atoms. The second kappa shape index (κ2) is 7.72. The Morgan fingerprint density at radius 1 is 1.18 bits per heavy atom. The summed E-state index contributed by atoms with van der Waals surface area (Å²) in [5.41, 5.74) is 0.0293. The third-order valence-corrected chi connectivity index (χ3v) is 1.33. The largest absolute Gasteiger partial charge is 0.478 e. The Morgan fingerprint density at radius 2 is 1.59 bits per heavy atom. The van der Waals surface area contributed by atoms with Crippen LogP contribution in [0.3, 0.4) is 0 Å². The van der Waals surface area contributed by atoms with Crippen molar-refractivity contribution in [2.75, 3.05) is 0 Å². The van der Waals surface area contributed by atoms with Crippen molar-refractivity contribution >= 4 is 17.6 Å². The highest BCUT2D eigenvalue weighted by molar-refractivity contribution is 6.18. The number of rotatable bonds is 3. The van der Waals surface area contributed by atoms with E-state index in [4.69, 9.17) is 5.11 Å². The molecule has 0 heterocycles. The van der Waals surface area contributed by atoms with Crippen molar-refractivity contribution in [3.8, 4) is 5.75 Å². The van der Waals surface area contributed by atoms with Gasteiger partial charge in [-0.2, -0.15) is 17.6 Å². The first-order valence-electron chi connectivity index (χ1n) is 4.03. The molecule has 0 unspecified atom stereocenters. The summed E-state index contributed by atoms with van der Waals surface area (Å²) in [6.07, 6.45) is 0. The van der Waals surface area contributed by atoms with Crippen molar-refractivity contribution in [2.45, 2.75) is 12.5 Å². The lowest BCUT2D eigenvalue weighted by atomic mass is 10.2. The van der Waals surface area contributed by atoms with Gasteiger partial charge in [0.2, 0.25) is 0 Å². The van der Waals surface area contributed by atoms with Gasteiger partial charge in [0, 0.05) is 0 Å². The molecule has 0 fully saturated rings. The van der Waals surface area contributed by atoms with E-state index in [0.29, 0.717) is 0 Å². The predicted molar refractivity (Wildman–Crippen MR) is 51.9 cm³/mol. The topological polar surface area (TPSA) is 46.5 Å². The Morgan fingerprint density at radius 3 is 1.88 bits per heavy atom. The molecule has 1 aromatic carbocycles. The number of hydrogen-bond donors (Lipinski definition) is 1. The number of aromatic carboxylic acids is 1. The van der Waals surface area contributed by atoms with E-state index in [2.05, 4.69) is 16.3 Å². The van der Waals surface area contributed by atoms with Gasteiger partial charge < -0.3 is 9.84 Å². The first kappa shape index (κ1) is 15.5. The molecule has 0 aliphatic rings. The number of benzene rings is 1. The number of halogens is 5. The van der Waals surface area contributed by atoms with Gasteiger partial charge >= 0.3 is 18.5 Å². The minimum absolute atomic E-state index is 0.0293. The highest BCUT2D eigenvalue weighted by Gasteiger charge is 2.05. The molecule has 1 aromatic rings. The van der Waals surface area contributed by atoms with Crippen LogP contribution in [0.15, 0.2) is 24.3 Å². The van der Waals surface area contributed by atoms with E-state index in [1.54, 1.807) is 0 Å². The lowest BCUT2D eigenvalue weighted by molar-refractivity contribution is -0.0498. The highest BCUT2D eigenvalue weighted by atomic mass is 35.5. The number of carboxylic acids is 1. The smallest absolute Gasteiger partial charge is 0.387 e. The van der Waals surface area contributed by atoms with E-state index < -0.39 is 18.5 Å². The zero-order valence-corrected chi connectivity index (χ0v) is 8.87. The summed E-state index contributed by atoms with van der Waals surface area (Å²) in [4.78, 5) is 10.3. The van der Waals surface area contributed by atoms with Gasteiger partial charge in [-0.1, -0.05) is 11.6 Å². The van der Waals surface area contributed by atoms with Crippen molar-refractivity contribution in [3.05, 3.63) is 29.8 Å². The molecule has 1 N–H and O–H groups in total. The number of carboxylic acid groups (broad SMARTS) is 1. The Kier molecular flexibility index (Phi) is 7.04. The molecule has 0 spiro atoms. The maximum atomic E-state index is 11.6. The van der Waals surface area contributed by atoms with Crippen molar-refractivity contribution < 1.29 is 32.2 Å².